The zero-order valence-electron chi connectivity index (χ0n) is 11.6. The van der Waals surface area contributed by atoms with Gasteiger partial charge in [0, 0.05) is 18.3 Å². The van der Waals surface area contributed by atoms with Crippen LogP contribution in [0.2, 0.25) is 0 Å². The fourth-order valence-electron chi connectivity index (χ4n) is 2.25. The maximum atomic E-state index is 14.0. The van der Waals surface area contributed by atoms with E-state index in [1.54, 1.807) is 7.05 Å². The molecule has 0 atom stereocenters. The van der Waals surface area contributed by atoms with E-state index in [0.717, 1.165) is 23.3 Å². The van der Waals surface area contributed by atoms with Gasteiger partial charge in [-0.25, -0.2) is 8.78 Å². The van der Waals surface area contributed by atoms with Gasteiger partial charge in [-0.2, -0.15) is 0 Å². The van der Waals surface area contributed by atoms with Gasteiger partial charge in [-0.3, -0.25) is 4.79 Å². The third kappa shape index (κ3) is 2.69. The molecule has 2 rings (SSSR count). The first kappa shape index (κ1) is 14.2. The largest absolute Gasteiger partial charge is 0.340 e. The van der Waals surface area contributed by atoms with Gasteiger partial charge in [0.2, 0.25) is 0 Å². The highest BCUT2D eigenvalue weighted by atomic mass is 19.1. The van der Waals surface area contributed by atoms with E-state index in [0.29, 0.717) is 12.0 Å². The smallest absolute Gasteiger partial charge is 0.150 e. The van der Waals surface area contributed by atoms with E-state index in [4.69, 9.17) is 0 Å². The summed E-state index contributed by atoms with van der Waals surface area (Å²) in [5.74, 6) is -1.51. The van der Waals surface area contributed by atoms with Crippen LogP contribution in [0.15, 0.2) is 30.3 Å². The topological polar surface area (TPSA) is 20.3 Å². The van der Waals surface area contributed by atoms with Crippen molar-refractivity contribution in [1.29, 1.82) is 0 Å². The molecule has 20 heavy (non-hydrogen) atoms. The maximum Gasteiger partial charge on any atom is 0.150 e. The summed E-state index contributed by atoms with van der Waals surface area (Å²) >= 11 is 0. The van der Waals surface area contributed by atoms with Crippen molar-refractivity contribution in [2.75, 3.05) is 11.9 Å². The van der Waals surface area contributed by atoms with E-state index < -0.39 is 11.6 Å². The van der Waals surface area contributed by atoms with Gasteiger partial charge in [0.1, 0.15) is 12.0 Å². The molecule has 2 nitrogen and oxygen atoms in total. The van der Waals surface area contributed by atoms with Gasteiger partial charge < -0.3 is 4.90 Å². The number of carbonyl (C=O) groups is 1. The van der Waals surface area contributed by atoms with Gasteiger partial charge in [0.25, 0.3) is 0 Å². The van der Waals surface area contributed by atoms with E-state index in [1.807, 2.05) is 32.0 Å². The number of carbonyl (C=O) groups excluding carboxylic acids is 1. The Labute approximate surface area is 116 Å². The summed E-state index contributed by atoms with van der Waals surface area (Å²) in [6, 6.07) is 7.74. The second kappa shape index (κ2) is 5.41. The van der Waals surface area contributed by atoms with Crippen LogP contribution >= 0.6 is 0 Å². The van der Waals surface area contributed by atoms with E-state index in [9.17, 15) is 13.6 Å². The van der Waals surface area contributed by atoms with Crippen molar-refractivity contribution in [3.05, 3.63) is 58.7 Å². The van der Waals surface area contributed by atoms with Gasteiger partial charge in [-0.05, 0) is 49.2 Å². The minimum Gasteiger partial charge on any atom is -0.340 e. The second-order valence-electron chi connectivity index (χ2n) is 4.86. The van der Waals surface area contributed by atoms with Gasteiger partial charge in [-0.1, -0.05) is 6.07 Å². The van der Waals surface area contributed by atoms with Crippen molar-refractivity contribution < 1.29 is 13.6 Å². The zero-order chi connectivity index (χ0) is 14.9. The summed E-state index contributed by atoms with van der Waals surface area (Å²) in [5, 5.41) is 0. The molecule has 0 bridgehead atoms. The monoisotopic (exact) mass is 275 g/mol. The van der Waals surface area contributed by atoms with E-state index >= 15 is 0 Å². The zero-order valence-corrected chi connectivity index (χ0v) is 11.6. The number of aldehydes is 1. The highest BCUT2D eigenvalue weighted by Gasteiger charge is 2.17. The average molecular weight is 275 g/mol. The normalized spacial score (nSPS) is 10.4. The van der Waals surface area contributed by atoms with Crippen LogP contribution < -0.4 is 4.90 Å². The van der Waals surface area contributed by atoms with Crippen molar-refractivity contribution in [2.24, 2.45) is 0 Å². The number of halogens is 2. The molecule has 0 aliphatic rings. The highest BCUT2D eigenvalue weighted by Crippen LogP contribution is 2.30. The Balaban J connectivity index is 2.53. The second-order valence-corrected chi connectivity index (χ2v) is 4.86. The minimum absolute atomic E-state index is 0.0161. The molecule has 0 N–H and O–H groups in total. The first-order valence-electron chi connectivity index (χ1n) is 6.18. The SMILES string of the molecule is Cc1cc(C)cc(N(C)c2c(F)cc(C=O)cc2F)c1. The first-order chi connectivity index (χ1) is 9.42. The highest BCUT2D eigenvalue weighted by molar-refractivity contribution is 5.77. The molecule has 0 aromatic heterocycles. The Morgan fingerprint density at radius 1 is 0.950 bits per heavy atom. The van der Waals surface area contributed by atoms with Gasteiger partial charge in [0.05, 0.1) is 0 Å². The maximum absolute atomic E-state index is 14.0. The van der Waals surface area contributed by atoms with Gasteiger partial charge >= 0.3 is 0 Å². The molecule has 0 spiro atoms. The van der Waals surface area contributed by atoms with Crippen molar-refractivity contribution in [3.8, 4) is 0 Å². The van der Waals surface area contributed by atoms with Crippen LogP contribution in [0.4, 0.5) is 20.2 Å². The van der Waals surface area contributed by atoms with Crippen molar-refractivity contribution in [3.63, 3.8) is 0 Å². The molecule has 2 aromatic rings. The Kier molecular flexibility index (Phi) is 3.84. The summed E-state index contributed by atoms with van der Waals surface area (Å²) in [5.41, 5.74) is 2.53. The van der Waals surface area contributed by atoms with Gasteiger partial charge in [0.15, 0.2) is 11.6 Å². The van der Waals surface area contributed by atoms with Crippen molar-refractivity contribution in [1.82, 2.24) is 0 Å². The first-order valence-corrected chi connectivity index (χ1v) is 6.18. The number of hydrogen-bond donors (Lipinski definition) is 0. The van der Waals surface area contributed by atoms with Gasteiger partial charge in [-0.15, -0.1) is 0 Å². The van der Waals surface area contributed by atoms with Crippen LogP contribution in [-0.2, 0) is 0 Å². The predicted molar refractivity (Wildman–Crippen MR) is 75.7 cm³/mol. The molecular weight excluding hydrogens is 260 g/mol. The Hall–Kier alpha value is -2.23. The Bertz CT molecular complexity index is 624. The molecule has 0 saturated heterocycles. The fraction of sp³-hybridized carbons (Fsp3) is 0.188. The number of nitrogens with zero attached hydrogens (tertiary/aromatic N) is 1. The van der Waals surface area contributed by atoms with E-state index in [2.05, 4.69) is 0 Å². The summed E-state index contributed by atoms with van der Waals surface area (Å²) in [6.07, 6.45) is 0.423. The fourth-order valence-corrected chi connectivity index (χ4v) is 2.25. The summed E-state index contributed by atoms with van der Waals surface area (Å²) in [6.45, 7) is 3.85. The summed E-state index contributed by atoms with van der Waals surface area (Å²) in [4.78, 5) is 12.0. The number of aryl methyl sites for hydroxylation is 2. The molecule has 0 heterocycles. The van der Waals surface area contributed by atoms with Crippen LogP contribution in [0.1, 0.15) is 21.5 Å². The molecule has 4 heteroatoms. The lowest BCUT2D eigenvalue weighted by atomic mass is 10.1. The van der Waals surface area contributed by atoms with Crippen LogP contribution in [-0.4, -0.2) is 13.3 Å². The molecule has 104 valence electrons. The quantitative estimate of drug-likeness (QED) is 0.784. The lowest BCUT2D eigenvalue weighted by molar-refractivity contribution is 0.112. The predicted octanol–water partition coefficient (Wildman–Crippen LogP) is 4.16. The molecule has 0 unspecified atom stereocenters. The van der Waals surface area contributed by atoms with Crippen LogP contribution in [0.3, 0.4) is 0 Å². The van der Waals surface area contributed by atoms with Crippen LogP contribution in [0.25, 0.3) is 0 Å². The number of rotatable bonds is 3. The van der Waals surface area contributed by atoms with E-state index in [-0.39, 0.29) is 11.3 Å². The number of benzene rings is 2. The van der Waals surface area contributed by atoms with E-state index in [1.165, 1.54) is 4.90 Å². The molecule has 0 aliphatic carbocycles. The lowest BCUT2D eigenvalue weighted by Gasteiger charge is -2.22. The molecule has 0 fully saturated rings. The molecule has 2 aromatic carbocycles. The number of hydrogen-bond acceptors (Lipinski definition) is 2. The average Bonchev–Trinajstić information content (AvgIpc) is 2.36. The number of anilines is 2. The third-order valence-corrected chi connectivity index (χ3v) is 3.10. The minimum atomic E-state index is -0.756. The standard InChI is InChI=1S/C16H15F2NO/c1-10-4-11(2)6-13(5-10)19(3)16-14(17)7-12(9-20)8-15(16)18/h4-9H,1-3H3. The third-order valence-electron chi connectivity index (χ3n) is 3.10. The molecule has 0 radical (unpaired) electrons. The molecule has 0 saturated carbocycles. The lowest BCUT2D eigenvalue weighted by Crippen LogP contribution is -2.14. The summed E-state index contributed by atoms with van der Waals surface area (Å²) < 4.78 is 28.0. The molecular formula is C16H15F2NO. The summed E-state index contributed by atoms with van der Waals surface area (Å²) in [7, 11) is 1.59. The Morgan fingerprint density at radius 3 is 1.90 bits per heavy atom. The molecule has 0 aliphatic heterocycles. The van der Waals surface area contributed by atoms with Crippen LogP contribution in [0.5, 0.6) is 0 Å². The van der Waals surface area contributed by atoms with Crippen LogP contribution in [0, 0.1) is 25.5 Å². The van der Waals surface area contributed by atoms with Crippen molar-refractivity contribution >= 4 is 17.7 Å². The van der Waals surface area contributed by atoms with Crippen molar-refractivity contribution in [2.45, 2.75) is 13.8 Å². The Morgan fingerprint density at radius 2 is 1.45 bits per heavy atom. The molecule has 0 amide bonds.